The summed E-state index contributed by atoms with van der Waals surface area (Å²) in [6.07, 6.45) is 12.5. The van der Waals surface area contributed by atoms with Crippen LogP contribution in [-0.2, 0) is 47.5 Å². The number of carbonyl (C=O) groups excluding carboxylic acids is 2. The minimum absolute atomic E-state index is 0.0269. The van der Waals surface area contributed by atoms with E-state index in [1.807, 2.05) is 78.0 Å². The van der Waals surface area contributed by atoms with Gasteiger partial charge < -0.3 is 41.7 Å². The largest absolute Gasteiger partial charge is 0.462 e. The molecule has 2 saturated heterocycles. The lowest BCUT2D eigenvalue weighted by Gasteiger charge is -2.45. The van der Waals surface area contributed by atoms with E-state index in [1.54, 1.807) is 25.1 Å². The number of hydrogen-bond acceptors (Lipinski definition) is 12. The topological polar surface area (TPSA) is 117 Å². The quantitative estimate of drug-likeness (QED) is 0.0102. The van der Waals surface area contributed by atoms with Crippen molar-refractivity contribution in [2.24, 2.45) is 17.8 Å². The maximum atomic E-state index is 15.5. The highest BCUT2D eigenvalue weighted by atomic mass is 127. The Morgan fingerprint density at radius 3 is 1.42 bits per heavy atom. The molecule has 7 rings (SSSR count). The molecule has 0 N–H and O–H groups in total. The summed E-state index contributed by atoms with van der Waals surface area (Å²) < 4.78 is 89.9. The average molecular weight is 1760 g/mol. The lowest BCUT2D eigenvalue weighted by atomic mass is 9.96. The summed E-state index contributed by atoms with van der Waals surface area (Å²) in [4.78, 5) is 27.1. The second-order valence-corrected chi connectivity index (χ2v) is 65.8. The third-order valence-corrected chi connectivity index (χ3v) is 41.4. The van der Waals surface area contributed by atoms with Crippen molar-refractivity contribution >= 4 is 104 Å². The molecule has 20 heteroatoms. The summed E-state index contributed by atoms with van der Waals surface area (Å²) in [6, 6.07) is 37.8. The third-order valence-electron chi connectivity index (χ3n) is 22.2. The summed E-state index contributed by atoms with van der Waals surface area (Å²) in [5.41, 5.74) is 3.30. The van der Waals surface area contributed by atoms with Gasteiger partial charge >= 0.3 is 11.9 Å². The number of hydrogen-bond donors (Lipinski definition) is 0. The van der Waals surface area contributed by atoms with Crippen LogP contribution in [0.25, 0.3) is 6.08 Å². The molecule has 0 amide bonds. The number of rotatable bonds is 32. The minimum atomic E-state index is -2.79. The minimum Gasteiger partial charge on any atom is -0.462 e. The van der Waals surface area contributed by atoms with E-state index < -0.39 is 88.7 Å². The first-order chi connectivity index (χ1) is 51.6. The van der Waals surface area contributed by atoms with Crippen LogP contribution in [0, 0.1) is 50.2 Å². The van der Waals surface area contributed by atoms with Crippen LogP contribution in [0.1, 0.15) is 186 Å². The molecule has 2 aliphatic rings. The number of aryl methyl sites for hydroxylation is 3. The molecule has 2 unspecified atom stereocenters. The van der Waals surface area contributed by atoms with Crippen molar-refractivity contribution in [2.75, 3.05) is 17.6 Å². The van der Waals surface area contributed by atoms with Crippen molar-refractivity contribution in [3.8, 4) is 0 Å². The highest BCUT2D eigenvalue weighted by molar-refractivity contribution is 14.1. The second kappa shape index (κ2) is 41.6. The Hall–Kier alpha value is -4.00. The fourth-order valence-corrected chi connectivity index (χ4v) is 23.2. The van der Waals surface area contributed by atoms with Crippen LogP contribution < -0.4 is 10.4 Å². The zero-order valence-corrected chi connectivity index (χ0v) is 82.3. The van der Waals surface area contributed by atoms with Crippen molar-refractivity contribution in [3.63, 3.8) is 0 Å². The number of ether oxygens (including phenoxy) is 6. The Balaban J connectivity index is 0.000000353. The summed E-state index contributed by atoms with van der Waals surface area (Å²) in [5, 5.41) is 2.45. The van der Waals surface area contributed by atoms with Crippen LogP contribution in [-0.4, -0.2) is 125 Å². The second-order valence-electron chi connectivity index (χ2n) is 38.6. The van der Waals surface area contributed by atoms with Gasteiger partial charge in [0, 0.05) is 48.5 Å². The van der Waals surface area contributed by atoms with Gasteiger partial charge in [-0.15, -0.1) is 11.8 Å². The SMILES string of the molecule is CC(C)[C@H](C)/C=C\C(O[Si](C)(C)C(C)(C)C)[C@H]1OC(C)(C)O[C@H]1CCI.Cc1cc(C)c(C(=O)OCC[Si](C)(C)C)c(CSc2ccccc2)c1F.Cc1ccc(F)c(/C=C/C[C@@H]2OC(C)(C)O[C@@H]2C(/C=C\[C@@H](C)[C@H](C)O[Si](c2ccccc2)(c2ccccc2)C(C)(C)C)O[Si](C)(C)C(C)(C)C)c1C(=O)OCC[Si](C)(C)C. The molecule has 0 saturated carbocycles. The first-order valence-electron chi connectivity index (χ1n) is 40.6. The average Bonchev–Trinajstić information content (AvgIpc) is 0.872. The Bertz CT molecular complexity index is 3830. The Labute approximate surface area is 700 Å². The van der Waals surface area contributed by atoms with E-state index in [-0.39, 0.29) is 62.4 Å². The van der Waals surface area contributed by atoms with Crippen LogP contribution in [0.4, 0.5) is 8.78 Å². The van der Waals surface area contributed by atoms with E-state index in [0.717, 1.165) is 33.4 Å². The van der Waals surface area contributed by atoms with Crippen LogP contribution in [0.5, 0.6) is 0 Å². The first-order valence-corrected chi connectivity index (χ1v) is 58.3. The third kappa shape index (κ3) is 28.9. The van der Waals surface area contributed by atoms with E-state index in [2.05, 4.69) is 270 Å². The van der Waals surface area contributed by atoms with Crippen molar-refractivity contribution < 1.29 is 60.1 Å². The molecule has 0 bridgehead atoms. The molecule has 2 heterocycles. The van der Waals surface area contributed by atoms with Gasteiger partial charge in [0.1, 0.15) is 23.8 Å². The van der Waals surface area contributed by atoms with Crippen LogP contribution in [0.2, 0.25) is 92.7 Å². The molecular formula is C92H143F2IO11SSi5. The molecule has 5 aromatic carbocycles. The van der Waals surface area contributed by atoms with E-state index in [9.17, 15) is 14.0 Å². The lowest BCUT2D eigenvalue weighted by molar-refractivity contribution is -0.152. The molecule has 5 aromatic rings. The van der Waals surface area contributed by atoms with Gasteiger partial charge in [-0.25, -0.2) is 18.4 Å². The fraction of sp³-hybridized carbons (Fsp3) is 0.587. The summed E-state index contributed by atoms with van der Waals surface area (Å²) in [6.45, 7) is 68.2. The normalized spacial score (nSPS) is 19.3. The number of allylic oxidation sites excluding steroid dienone is 1. The van der Waals surface area contributed by atoms with Gasteiger partial charge in [-0.2, -0.15) is 0 Å². The lowest BCUT2D eigenvalue weighted by Crippen LogP contribution is -2.67. The van der Waals surface area contributed by atoms with Crippen LogP contribution in [0.3, 0.4) is 0 Å². The van der Waals surface area contributed by atoms with Gasteiger partial charge in [0.05, 0.1) is 48.8 Å². The maximum Gasteiger partial charge on any atom is 0.339 e. The van der Waals surface area contributed by atoms with Gasteiger partial charge in [0.15, 0.2) is 28.2 Å². The van der Waals surface area contributed by atoms with Gasteiger partial charge in [0.25, 0.3) is 8.32 Å². The van der Waals surface area contributed by atoms with E-state index in [4.69, 9.17) is 41.7 Å². The van der Waals surface area contributed by atoms with Crippen LogP contribution >= 0.6 is 34.4 Å². The van der Waals surface area contributed by atoms with E-state index >= 15 is 4.39 Å². The molecule has 2 fully saturated rings. The number of alkyl halides is 1. The number of halogens is 3. The number of esters is 2. The summed E-state index contributed by atoms with van der Waals surface area (Å²) >= 11 is 3.94. The Morgan fingerprint density at radius 1 is 0.545 bits per heavy atom. The number of carbonyl (C=O) groups is 2. The Kier molecular flexibility index (Phi) is 36.6. The Morgan fingerprint density at radius 2 is 0.982 bits per heavy atom. The zero-order valence-electron chi connectivity index (χ0n) is 74.3. The van der Waals surface area contributed by atoms with E-state index in [0.29, 0.717) is 59.5 Å². The molecule has 0 aliphatic carbocycles. The molecule has 9 atom stereocenters. The number of benzene rings is 5. The highest BCUT2D eigenvalue weighted by Gasteiger charge is 2.53. The maximum absolute atomic E-state index is 15.5. The van der Waals surface area contributed by atoms with Crippen molar-refractivity contribution in [1.29, 1.82) is 0 Å². The zero-order chi connectivity index (χ0) is 84.6. The van der Waals surface area contributed by atoms with Crippen molar-refractivity contribution in [3.05, 3.63) is 190 Å². The van der Waals surface area contributed by atoms with Crippen molar-refractivity contribution in [1.82, 2.24) is 0 Å². The molecule has 11 nitrogen and oxygen atoms in total. The van der Waals surface area contributed by atoms with E-state index in [1.165, 1.54) is 28.2 Å². The fourth-order valence-electron chi connectivity index (χ4n) is 12.9. The molecular weight excluding hydrogens is 1620 g/mol. The van der Waals surface area contributed by atoms with Crippen LogP contribution in [0.15, 0.2) is 144 Å². The molecule has 624 valence electrons. The highest BCUT2D eigenvalue weighted by Crippen LogP contribution is 2.45. The molecule has 0 spiro atoms. The summed E-state index contributed by atoms with van der Waals surface area (Å²) in [7, 11) is -9.75. The number of thioether (sulfide) groups is 1. The smallest absolute Gasteiger partial charge is 0.339 e. The molecule has 2 aliphatic heterocycles. The molecule has 0 aromatic heterocycles. The standard InChI is InChI=1S/C50H75FO6Si3.C21H27FO2SSi.C21H41IO3Si/c1-36(38(3)56-60(49(7,8)9,39-24-19-17-20-25-39)40-26-21-18-22-27-40)31-33-44(57-59(15,16)48(4,5)6)46-43(54-50(10,11)55-46)29-23-28-41-42(51)32-30-37(2)45(41)47(52)53-34-35-58(12,13)14;1-15-13-16(2)20(22)18(14-25-17-9-7-6-8-10-17)19(15)21(23)24-11-12-26(3,4)5;1-15(2)16(3)11-12-18(25-26(9,10)20(4,5)6)19-17(13-14-22)23-21(7,8)24-19/h17-28,30-33,36,38,43-44,46H,29,34-35H2,1-16H3;6-10,13H,11-12,14H2,1-5H3;11-12,15-19H,13-14H2,1-10H3/b28-23+,33-31-;;12-11-/t36-,38+,43+,44?,46+;;16-,17+,18?,19+/m1.1/s1. The predicted octanol–water partition coefficient (Wildman–Crippen LogP) is 24.9. The van der Waals surface area contributed by atoms with Gasteiger partial charge in [-0.1, -0.05) is 279 Å². The van der Waals surface area contributed by atoms with Gasteiger partial charge in [-0.3, -0.25) is 0 Å². The van der Waals surface area contributed by atoms with Gasteiger partial charge in [0.2, 0.25) is 0 Å². The molecule has 112 heavy (non-hydrogen) atoms. The van der Waals surface area contributed by atoms with Crippen molar-refractivity contribution in [2.45, 2.75) is 316 Å². The molecule has 0 radical (unpaired) electrons. The summed E-state index contributed by atoms with van der Waals surface area (Å²) in [5.74, 6) is -1.57. The predicted molar refractivity (Wildman–Crippen MR) is 488 cm³/mol. The first kappa shape index (κ1) is 98.6. The van der Waals surface area contributed by atoms with Gasteiger partial charge in [-0.05, 0) is 185 Å². The monoisotopic (exact) mass is 1760 g/mol.